The standard InChI is InChI=1S/C15H24N4O2.2ClH/c1-15(2,3)13(16)14(21)18-8-6-12(20)19-10-11-5-4-7-17-9-11;;/h4-5,7,9,13H,6,8,10,16H2,1-3H3,(H,18,21)(H,19,20);2*1H/t13-;;/m1../s1. The molecule has 4 N–H and O–H groups in total. The van der Waals surface area contributed by atoms with Gasteiger partial charge >= 0.3 is 0 Å². The fourth-order valence-corrected chi connectivity index (χ4v) is 1.59. The van der Waals surface area contributed by atoms with Crippen molar-refractivity contribution in [3.05, 3.63) is 30.1 Å². The minimum absolute atomic E-state index is 0. The number of amides is 2. The number of pyridine rings is 1. The van der Waals surface area contributed by atoms with Gasteiger partial charge in [-0.1, -0.05) is 26.8 Å². The highest BCUT2D eigenvalue weighted by atomic mass is 35.5. The summed E-state index contributed by atoms with van der Waals surface area (Å²) in [6.45, 7) is 6.41. The van der Waals surface area contributed by atoms with Crippen molar-refractivity contribution in [1.82, 2.24) is 15.6 Å². The quantitative estimate of drug-likeness (QED) is 0.710. The van der Waals surface area contributed by atoms with Crippen LogP contribution in [0.5, 0.6) is 0 Å². The van der Waals surface area contributed by atoms with Crippen LogP contribution in [0.15, 0.2) is 24.5 Å². The lowest BCUT2D eigenvalue weighted by Gasteiger charge is -2.25. The van der Waals surface area contributed by atoms with Crippen LogP contribution in [0, 0.1) is 5.41 Å². The Morgan fingerprint density at radius 1 is 1.26 bits per heavy atom. The van der Waals surface area contributed by atoms with E-state index in [0.29, 0.717) is 6.54 Å². The molecule has 2 amide bonds. The average molecular weight is 365 g/mol. The van der Waals surface area contributed by atoms with E-state index in [1.54, 1.807) is 12.4 Å². The van der Waals surface area contributed by atoms with Crippen molar-refractivity contribution in [3.63, 3.8) is 0 Å². The van der Waals surface area contributed by atoms with Crippen LogP contribution in [0.1, 0.15) is 32.8 Å². The predicted octanol–water partition coefficient (Wildman–Crippen LogP) is 1.42. The van der Waals surface area contributed by atoms with E-state index in [4.69, 9.17) is 5.73 Å². The van der Waals surface area contributed by atoms with E-state index in [1.165, 1.54) is 0 Å². The Morgan fingerprint density at radius 2 is 1.91 bits per heavy atom. The highest BCUT2D eigenvalue weighted by Crippen LogP contribution is 2.16. The van der Waals surface area contributed by atoms with Crippen LogP contribution in [0.3, 0.4) is 0 Å². The SMILES string of the molecule is CC(C)(C)[C@H](N)C(=O)NCCC(=O)NCc1cccnc1.Cl.Cl. The Balaban J connectivity index is 0. The largest absolute Gasteiger partial charge is 0.354 e. The topological polar surface area (TPSA) is 97.1 Å². The molecule has 0 aromatic carbocycles. The molecule has 1 aromatic rings. The van der Waals surface area contributed by atoms with Gasteiger partial charge in [0.1, 0.15) is 0 Å². The summed E-state index contributed by atoms with van der Waals surface area (Å²) in [5.41, 5.74) is 6.46. The molecule has 0 saturated carbocycles. The predicted molar refractivity (Wildman–Crippen MR) is 95.6 cm³/mol. The zero-order valence-electron chi connectivity index (χ0n) is 13.7. The summed E-state index contributed by atoms with van der Waals surface area (Å²) in [5, 5.41) is 5.45. The molecule has 1 aromatic heterocycles. The molecular weight excluding hydrogens is 339 g/mol. The Labute approximate surface area is 149 Å². The number of nitrogens with one attached hydrogen (secondary N) is 2. The summed E-state index contributed by atoms with van der Waals surface area (Å²) >= 11 is 0. The lowest BCUT2D eigenvalue weighted by molar-refractivity contribution is -0.124. The van der Waals surface area contributed by atoms with Gasteiger partial charge in [-0.3, -0.25) is 14.6 Å². The van der Waals surface area contributed by atoms with E-state index in [1.807, 2.05) is 32.9 Å². The number of hydrogen-bond donors (Lipinski definition) is 3. The van der Waals surface area contributed by atoms with Crippen molar-refractivity contribution in [3.8, 4) is 0 Å². The molecule has 0 unspecified atom stereocenters. The van der Waals surface area contributed by atoms with E-state index < -0.39 is 6.04 Å². The average Bonchev–Trinajstić information content (AvgIpc) is 2.44. The number of nitrogens with zero attached hydrogens (tertiary/aromatic N) is 1. The van der Waals surface area contributed by atoms with E-state index in [0.717, 1.165) is 5.56 Å². The molecular formula is C15H26Cl2N4O2. The molecule has 6 nitrogen and oxygen atoms in total. The van der Waals surface area contributed by atoms with Gasteiger partial charge in [0.2, 0.25) is 11.8 Å². The summed E-state index contributed by atoms with van der Waals surface area (Å²) < 4.78 is 0. The van der Waals surface area contributed by atoms with E-state index in [2.05, 4.69) is 15.6 Å². The fraction of sp³-hybridized carbons (Fsp3) is 0.533. The van der Waals surface area contributed by atoms with Crippen molar-refractivity contribution in [2.75, 3.05) is 6.54 Å². The number of carbonyl (C=O) groups excluding carboxylic acids is 2. The molecule has 0 radical (unpaired) electrons. The minimum atomic E-state index is -0.587. The van der Waals surface area contributed by atoms with Gasteiger partial charge in [0.25, 0.3) is 0 Å². The van der Waals surface area contributed by atoms with Crippen molar-refractivity contribution < 1.29 is 9.59 Å². The molecule has 8 heteroatoms. The summed E-state index contributed by atoms with van der Waals surface area (Å²) in [5.74, 6) is -0.356. The minimum Gasteiger partial charge on any atom is -0.354 e. The maximum atomic E-state index is 11.8. The van der Waals surface area contributed by atoms with Gasteiger partial charge in [0, 0.05) is 31.9 Å². The smallest absolute Gasteiger partial charge is 0.237 e. The molecule has 1 rings (SSSR count). The maximum Gasteiger partial charge on any atom is 0.237 e. The third-order valence-corrected chi connectivity index (χ3v) is 3.08. The molecule has 0 saturated heterocycles. The van der Waals surface area contributed by atoms with Crippen LogP contribution in [0.25, 0.3) is 0 Å². The number of nitrogens with two attached hydrogens (primary N) is 1. The highest BCUT2D eigenvalue weighted by Gasteiger charge is 2.27. The van der Waals surface area contributed by atoms with Crippen molar-refractivity contribution in [2.45, 2.75) is 39.8 Å². The molecule has 1 atom stereocenters. The first-order valence-electron chi connectivity index (χ1n) is 6.99. The van der Waals surface area contributed by atoms with Gasteiger partial charge in [-0.15, -0.1) is 24.8 Å². The zero-order valence-corrected chi connectivity index (χ0v) is 15.3. The second kappa shape index (κ2) is 11.2. The summed E-state index contributed by atoms with van der Waals surface area (Å²) in [4.78, 5) is 27.4. The molecule has 0 aliphatic carbocycles. The van der Waals surface area contributed by atoms with E-state index in [-0.39, 0.29) is 55.0 Å². The molecule has 0 aliphatic heterocycles. The first-order valence-corrected chi connectivity index (χ1v) is 6.99. The van der Waals surface area contributed by atoms with Crippen LogP contribution < -0.4 is 16.4 Å². The Kier molecular flexibility index (Phi) is 11.6. The number of aromatic nitrogens is 1. The first kappa shape index (κ1) is 23.9. The van der Waals surface area contributed by atoms with Crippen LogP contribution in [-0.4, -0.2) is 29.4 Å². The van der Waals surface area contributed by atoms with Gasteiger partial charge in [-0.2, -0.15) is 0 Å². The lowest BCUT2D eigenvalue weighted by atomic mass is 9.87. The number of halogens is 2. The Hall–Kier alpha value is -1.37. The number of hydrogen-bond acceptors (Lipinski definition) is 4. The fourth-order valence-electron chi connectivity index (χ4n) is 1.59. The second-order valence-electron chi connectivity index (χ2n) is 6.02. The molecule has 0 aliphatic rings. The molecule has 23 heavy (non-hydrogen) atoms. The van der Waals surface area contributed by atoms with Crippen molar-refractivity contribution in [1.29, 1.82) is 0 Å². The molecule has 1 heterocycles. The van der Waals surface area contributed by atoms with Gasteiger partial charge < -0.3 is 16.4 Å². The molecule has 0 fully saturated rings. The van der Waals surface area contributed by atoms with Crippen LogP contribution >= 0.6 is 24.8 Å². The lowest BCUT2D eigenvalue weighted by Crippen LogP contribution is -2.49. The van der Waals surface area contributed by atoms with E-state index in [9.17, 15) is 9.59 Å². The number of carbonyl (C=O) groups is 2. The summed E-state index contributed by atoms with van der Waals surface area (Å²) in [7, 11) is 0. The molecule has 0 spiro atoms. The highest BCUT2D eigenvalue weighted by molar-refractivity contribution is 5.85. The molecule has 132 valence electrons. The Morgan fingerprint density at radius 3 is 2.43 bits per heavy atom. The van der Waals surface area contributed by atoms with Crippen LogP contribution in [0.2, 0.25) is 0 Å². The van der Waals surface area contributed by atoms with Crippen molar-refractivity contribution >= 4 is 36.6 Å². The second-order valence-corrected chi connectivity index (χ2v) is 6.02. The Bertz CT molecular complexity index is 478. The normalized spacial score (nSPS) is 11.5. The van der Waals surface area contributed by atoms with Crippen molar-refractivity contribution in [2.24, 2.45) is 11.1 Å². The van der Waals surface area contributed by atoms with Gasteiger partial charge in [0.15, 0.2) is 0 Å². The van der Waals surface area contributed by atoms with Crippen LogP contribution in [-0.2, 0) is 16.1 Å². The van der Waals surface area contributed by atoms with E-state index >= 15 is 0 Å². The van der Waals surface area contributed by atoms with Gasteiger partial charge in [-0.25, -0.2) is 0 Å². The monoisotopic (exact) mass is 364 g/mol. The van der Waals surface area contributed by atoms with Gasteiger partial charge in [-0.05, 0) is 17.0 Å². The zero-order chi connectivity index (χ0) is 15.9. The number of rotatable bonds is 6. The third kappa shape index (κ3) is 9.38. The summed E-state index contributed by atoms with van der Waals surface area (Å²) in [6.07, 6.45) is 3.60. The third-order valence-electron chi connectivity index (χ3n) is 3.08. The van der Waals surface area contributed by atoms with Gasteiger partial charge in [0.05, 0.1) is 6.04 Å². The maximum absolute atomic E-state index is 11.8. The summed E-state index contributed by atoms with van der Waals surface area (Å²) in [6, 6.07) is 3.11. The van der Waals surface area contributed by atoms with Crippen LogP contribution in [0.4, 0.5) is 0 Å². The first-order chi connectivity index (χ1) is 9.80. The molecule has 0 bridgehead atoms.